The Labute approximate surface area is 164 Å². The molecule has 0 radical (unpaired) electrons. The lowest BCUT2D eigenvalue weighted by molar-refractivity contribution is -0.384. The Morgan fingerprint density at radius 2 is 1.79 bits per heavy atom. The van der Waals surface area contributed by atoms with Crippen molar-refractivity contribution in [2.75, 3.05) is 0 Å². The minimum absolute atomic E-state index is 0.0412. The number of phenolic OH excluding ortho intramolecular Hbond substituents is 1. The zero-order valence-electron chi connectivity index (χ0n) is 14.4. The van der Waals surface area contributed by atoms with Crippen molar-refractivity contribution in [3.8, 4) is 17.1 Å². The Hall–Kier alpha value is -3.64. The zero-order valence-corrected chi connectivity index (χ0v) is 15.1. The molecule has 1 aromatic heterocycles. The predicted molar refractivity (Wildman–Crippen MR) is 107 cm³/mol. The lowest BCUT2D eigenvalue weighted by atomic mass is 10.1. The van der Waals surface area contributed by atoms with Gasteiger partial charge in [0.1, 0.15) is 22.1 Å². The van der Waals surface area contributed by atoms with Gasteiger partial charge in [-0.05, 0) is 30.3 Å². The number of hydrogen-bond acceptors (Lipinski definition) is 5. The number of aromatic hydroxyl groups is 1. The van der Waals surface area contributed by atoms with Gasteiger partial charge in [-0.1, -0.05) is 41.9 Å². The summed E-state index contributed by atoms with van der Waals surface area (Å²) in [5.41, 5.74) is 1.53. The minimum atomic E-state index is -0.555. The number of phenols is 1. The molecule has 7 heteroatoms. The number of halogens is 1. The first kappa shape index (κ1) is 17.8. The van der Waals surface area contributed by atoms with Gasteiger partial charge in [0.2, 0.25) is 0 Å². The molecule has 0 aliphatic heterocycles. The smallest absolute Gasteiger partial charge is 0.290 e. The number of benzene rings is 3. The van der Waals surface area contributed by atoms with E-state index >= 15 is 0 Å². The molecule has 0 spiro atoms. The fourth-order valence-electron chi connectivity index (χ4n) is 2.84. The molecule has 0 aliphatic carbocycles. The zero-order chi connectivity index (χ0) is 19.7. The fourth-order valence-corrected chi connectivity index (χ4v) is 3.03. The van der Waals surface area contributed by atoms with Crippen molar-refractivity contribution in [1.82, 2.24) is 0 Å². The van der Waals surface area contributed by atoms with E-state index in [1.54, 1.807) is 18.2 Å². The summed E-state index contributed by atoms with van der Waals surface area (Å²) in [5, 5.41) is 22.2. The topological polar surface area (TPSA) is 88.9 Å². The van der Waals surface area contributed by atoms with Crippen molar-refractivity contribution < 1.29 is 14.4 Å². The fraction of sp³-hybridized carbons (Fsp3) is 0. The predicted octanol–water partition coefficient (Wildman–Crippen LogP) is 5.60. The van der Waals surface area contributed by atoms with Crippen LogP contribution in [-0.4, -0.2) is 10.0 Å². The van der Waals surface area contributed by atoms with Crippen molar-refractivity contribution in [3.63, 3.8) is 0 Å². The first-order valence-corrected chi connectivity index (χ1v) is 8.70. The van der Waals surface area contributed by atoms with E-state index < -0.39 is 4.92 Å². The van der Waals surface area contributed by atoms with Gasteiger partial charge in [-0.25, -0.2) is 4.99 Å². The second-order valence-electron chi connectivity index (χ2n) is 6.05. The summed E-state index contributed by atoms with van der Waals surface area (Å²) in [5.74, 6) is 0.648. The summed E-state index contributed by atoms with van der Waals surface area (Å²) in [6.45, 7) is 0. The van der Waals surface area contributed by atoms with Gasteiger partial charge in [0.15, 0.2) is 0 Å². The van der Waals surface area contributed by atoms with E-state index in [1.165, 1.54) is 24.3 Å². The van der Waals surface area contributed by atoms with Crippen molar-refractivity contribution in [2.24, 2.45) is 4.99 Å². The third-order valence-corrected chi connectivity index (χ3v) is 4.48. The summed E-state index contributed by atoms with van der Waals surface area (Å²) in [7, 11) is 0. The highest BCUT2D eigenvalue weighted by atomic mass is 35.5. The maximum absolute atomic E-state index is 11.2. The van der Waals surface area contributed by atoms with E-state index in [9.17, 15) is 15.2 Å². The van der Waals surface area contributed by atoms with Crippen LogP contribution in [-0.2, 0) is 0 Å². The minimum Gasteiger partial charge on any atom is -0.508 e. The van der Waals surface area contributed by atoms with Crippen LogP contribution in [0.2, 0.25) is 5.02 Å². The monoisotopic (exact) mass is 392 g/mol. The normalized spacial score (nSPS) is 11.7. The number of nitrogens with zero attached hydrogens (tertiary/aromatic N) is 2. The highest BCUT2D eigenvalue weighted by Crippen LogP contribution is 2.29. The van der Waals surface area contributed by atoms with Crippen LogP contribution >= 0.6 is 11.6 Å². The molecule has 138 valence electrons. The van der Waals surface area contributed by atoms with E-state index in [2.05, 4.69) is 4.99 Å². The number of nitro benzene ring substituents is 1. The molecular weight excluding hydrogens is 380 g/mol. The number of hydrogen-bond donors (Lipinski definition) is 1. The van der Waals surface area contributed by atoms with Gasteiger partial charge in [0.25, 0.3) is 5.69 Å². The average Bonchev–Trinajstić information content (AvgIpc) is 2.70. The van der Waals surface area contributed by atoms with Crippen LogP contribution in [0.25, 0.3) is 22.3 Å². The second kappa shape index (κ2) is 7.17. The van der Waals surface area contributed by atoms with E-state index in [0.29, 0.717) is 27.8 Å². The molecule has 1 N–H and O–H groups in total. The number of rotatable bonds is 3. The van der Waals surface area contributed by atoms with Crippen molar-refractivity contribution in [1.29, 1.82) is 0 Å². The van der Waals surface area contributed by atoms with Gasteiger partial charge in [0.05, 0.1) is 16.0 Å². The SMILES string of the molecule is O=[N+]([O-])c1cc(N=c2cc(-c3ccccc3)oc3ccc(O)cc23)ccc1Cl. The first-order valence-electron chi connectivity index (χ1n) is 8.32. The summed E-state index contributed by atoms with van der Waals surface area (Å²) in [4.78, 5) is 15.1. The van der Waals surface area contributed by atoms with Gasteiger partial charge in [-0.15, -0.1) is 0 Å². The highest BCUT2D eigenvalue weighted by Gasteiger charge is 2.13. The van der Waals surface area contributed by atoms with Crippen molar-refractivity contribution in [3.05, 3.63) is 93.3 Å². The molecule has 6 nitrogen and oxygen atoms in total. The molecule has 0 fully saturated rings. The van der Waals surface area contributed by atoms with Crippen LogP contribution in [0.5, 0.6) is 5.75 Å². The second-order valence-corrected chi connectivity index (χ2v) is 6.45. The molecule has 0 bridgehead atoms. The number of fused-ring (bicyclic) bond motifs is 1. The Morgan fingerprint density at radius 1 is 1.00 bits per heavy atom. The molecular formula is C21H13ClN2O4. The average molecular weight is 393 g/mol. The largest absolute Gasteiger partial charge is 0.508 e. The van der Waals surface area contributed by atoms with Crippen molar-refractivity contribution >= 4 is 33.9 Å². The van der Waals surface area contributed by atoms with Crippen LogP contribution in [0.1, 0.15) is 0 Å². The first-order chi connectivity index (χ1) is 13.5. The molecule has 0 saturated carbocycles. The third-order valence-electron chi connectivity index (χ3n) is 4.16. The maximum atomic E-state index is 11.2. The van der Waals surface area contributed by atoms with Crippen LogP contribution in [0.15, 0.2) is 82.2 Å². The molecule has 28 heavy (non-hydrogen) atoms. The molecule has 4 aromatic rings. The van der Waals surface area contributed by atoms with Crippen LogP contribution in [0, 0.1) is 10.1 Å². The summed E-state index contributed by atoms with van der Waals surface area (Å²) < 4.78 is 5.96. The molecule has 4 rings (SSSR count). The highest BCUT2D eigenvalue weighted by molar-refractivity contribution is 6.32. The molecule has 3 aromatic carbocycles. The summed E-state index contributed by atoms with van der Waals surface area (Å²) in [6.07, 6.45) is 0. The van der Waals surface area contributed by atoms with Crippen LogP contribution in [0.3, 0.4) is 0 Å². The Kier molecular flexibility index (Phi) is 4.55. The molecule has 0 aliphatic rings. The molecule has 1 heterocycles. The van der Waals surface area contributed by atoms with Crippen LogP contribution in [0.4, 0.5) is 11.4 Å². The van der Waals surface area contributed by atoms with E-state index in [0.717, 1.165) is 5.56 Å². The lowest BCUT2D eigenvalue weighted by Crippen LogP contribution is -2.03. The molecule has 0 unspecified atom stereocenters. The standard InChI is InChI=1S/C21H13ClN2O4/c22-17-8-6-14(10-19(17)24(26)27)23-18-12-21(13-4-2-1-3-5-13)28-20-9-7-15(25)11-16(18)20/h1-12,25H. The Balaban J connectivity index is 1.99. The van der Waals surface area contributed by atoms with Crippen molar-refractivity contribution in [2.45, 2.75) is 0 Å². The van der Waals surface area contributed by atoms with Gasteiger partial charge >= 0.3 is 0 Å². The Morgan fingerprint density at radius 3 is 2.54 bits per heavy atom. The maximum Gasteiger partial charge on any atom is 0.290 e. The van der Waals surface area contributed by atoms with Gasteiger partial charge in [-0.2, -0.15) is 0 Å². The van der Waals surface area contributed by atoms with Gasteiger partial charge in [0, 0.05) is 23.1 Å². The quantitative estimate of drug-likeness (QED) is 0.363. The summed E-state index contributed by atoms with van der Waals surface area (Å²) >= 11 is 5.88. The lowest BCUT2D eigenvalue weighted by Gasteiger charge is -2.06. The van der Waals surface area contributed by atoms with E-state index in [4.69, 9.17) is 16.0 Å². The van der Waals surface area contributed by atoms with E-state index in [-0.39, 0.29) is 16.5 Å². The van der Waals surface area contributed by atoms with Gasteiger partial charge in [-0.3, -0.25) is 10.1 Å². The number of nitro groups is 1. The molecule has 0 atom stereocenters. The third kappa shape index (κ3) is 3.45. The summed E-state index contributed by atoms with van der Waals surface area (Å²) in [6, 6.07) is 20.3. The van der Waals surface area contributed by atoms with Gasteiger partial charge < -0.3 is 9.52 Å². The molecule has 0 amide bonds. The molecule has 0 saturated heterocycles. The Bertz CT molecular complexity index is 1270. The van der Waals surface area contributed by atoms with E-state index in [1.807, 2.05) is 30.3 Å². The van der Waals surface area contributed by atoms with Crippen LogP contribution < -0.4 is 5.36 Å².